The van der Waals surface area contributed by atoms with E-state index < -0.39 is 0 Å². The molecule has 2 saturated heterocycles. The van der Waals surface area contributed by atoms with E-state index in [0.717, 1.165) is 38.0 Å². The molecule has 19 heavy (non-hydrogen) atoms. The van der Waals surface area contributed by atoms with E-state index in [1.807, 2.05) is 0 Å². The molecule has 3 fully saturated rings. The molecule has 4 nitrogen and oxygen atoms in total. The van der Waals surface area contributed by atoms with Crippen molar-refractivity contribution in [3.05, 3.63) is 0 Å². The van der Waals surface area contributed by atoms with Gasteiger partial charge in [-0.1, -0.05) is 19.8 Å². The molecule has 1 amide bonds. The lowest BCUT2D eigenvalue weighted by atomic mass is 9.86. The summed E-state index contributed by atoms with van der Waals surface area (Å²) in [7, 11) is 0. The fourth-order valence-corrected chi connectivity index (χ4v) is 4.07. The highest BCUT2D eigenvalue weighted by atomic mass is 16.2. The maximum atomic E-state index is 12.2. The number of nitrogens with one attached hydrogen (secondary N) is 2. The Morgan fingerprint density at radius 2 is 1.89 bits per heavy atom. The summed E-state index contributed by atoms with van der Waals surface area (Å²) < 4.78 is 0. The fraction of sp³-hybridized carbons (Fsp3) is 0.933. The molecule has 3 aliphatic rings. The van der Waals surface area contributed by atoms with Crippen molar-refractivity contribution in [2.75, 3.05) is 32.7 Å². The van der Waals surface area contributed by atoms with E-state index in [1.165, 1.54) is 25.7 Å². The largest absolute Gasteiger partial charge is 0.352 e. The number of likely N-dealkylation sites (tertiary alicyclic amines) is 1. The third-order valence-electron chi connectivity index (χ3n) is 5.29. The van der Waals surface area contributed by atoms with E-state index in [9.17, 15) is 4.79 Å². The Balaban J connectivity index is 1.44. The van der Waals surface area contributed by atoms with Crippen LogP contribution in [-0.2, 0) is 4.79 Å². The lowest BCUT2D eigenvalue weighted by Gasteiger charge is -2.30. The molecule has 0 aromatic heterocycles. The molecule has 0 aromatic rings. The van der Waals surface area contributed by atoms with Gasteiger partial charge >= 0.3 is 0 Å². The number of hydrogen-bond donors (Lipinski definition) is 2. The molecule has 0 bridgehead atoms. The van der Waals surface area contributed by atoms with Gasteiger partial charge in [0, 0.05) is 19.1 Å². The van der Waals surface area contributed by atoms with Crippen LogP contribution >= 0.6 is 0 Å². The summed E-state index contributed by atoms with van der Waals surface area (Å²) in [6, 6.07) is 0.421. The average molecular weight is 265 g/mol. The Morgan fingerprint density at radius 3 is 2.58 bits per heavy atom. The van der Waals surface area contributed by atoms with Gasteiger partial charge in [-0.05, 0) is 43.7 Å². The predicted molar refractivity (Wildman–Crippen MR) is 75.9 cm³/mol. The van der Waals surface area contributed by atoms with Crippen LogP contribution in [0.2, 0.25) is 0 Å². The molecule has 4 heteroatoms. The third kappa shape index (κ3) is 3.11. The summed E-state index contributed by atoms with van der Waals surface area (Å²) in [6.45, 7) is 7.37. The summed E-state index contributed by atoms with van der Waals surface area (Å²) in [5.41, 5.74) is 0. The molecule has 4 atom stereocenters. The highest BCUT2D eigenvalue weighted by Gasteiger charge is 2.36. The minimum absolute atomic E-state index is 0.242. The highest BCUT2D eigenvalue weighted by molar-refractivity contribution is 5.78. The number of fused-ring (bicyclic) bond motifs is 1. The van der Waals surface area contributed by atoms with Crippen LogP contribution in [0.5, 0.6) is 0 Å². The highest BCUT2D eigenvalue weighted by Crippen LogP contribution is 2.26. The van der Waals surface area contributed by atoms with Crippen molar-refractivity contribution in [2.24, 2.45) is 17.8 Å². The Bertz CT molecular complexity index is 321. The van der Waals surface area contributed by atoms with E-state index in [2.05, 4.69) is 22.5 Å². The maximum absolute atomic E-state index is 12.2. The van der Waals surface area contributed by atoms with Crippen molar-refractivity contribution in [3.8, 4) is 0 Å². The van der Waals surface area contributed by atoms with Crippen molar-refractivity contribution in [1.29, 1.82) is 0 Å². The first-order valence-corrected chi connectivity index (χ1v) is 7.95. The van der Waals surface area contributed by atoms with Gasteiger partial charge in [-0.3, -0.25) is 9.69 Å². The zero-order valence-electron chi connectivity index (χ0n) is 12.0. The predicted octanol–water partition coefficient (Wildman–Crippen LogP) is 0.833. The van der Waals surface area contributed by atoms with Crippen molar-refractivity contribution in [2.45, 2.75) is 38.6 Å². The van der Waals surface area contributed by atoms with Gasteiger partial charge in [0.15, 0.2) is 0 Å². The number of carbonyl (C=O) groups excluding carboxylic acids is 1. The number of carbonyl (C=O) groups is 1. The zero-order valence-corrected chi connectivity index (χ0v) is 12.0. The van der Waals surface area contributed by atoms with Gasteiger partial charge < -0.3 is 10.6 Å². The van der Waals surface area contributed by atoms with E-state index in [0.29, 0.717) is 18.5 Å². The second-order valence-electron chi connectivity index (χ2n) is 6.81. The quantitative estimate of drug-likeness (QED) is 0.794. The van der Waals surface area contributed by atoms with Gasteiger partial charge in [-0.25, -0.2) is 0 Å². The molecule has 2 N–H and O–H groups in total. The van der Waals surface area contributed by atoms with Gasteiger partial charge in [0.05, 0.1) is 6.54 Å². The van der Waals surface area contributed by atoms with Crippen LogP contribution in [0.3, 0.4) is 0 Å². The Kier molecular flexibility index (Phi) is 4.08. The SMILES string of the molecule is CC1CCCCC1NC(=O)CN1C[C@H]2CNC[C@H]2C1. The molecule has 1 aliphatic carbocycles. The van der Waals surface area contributed by atoms with Crippen LogP contribution in [0.4, 0.5) is 0 Å². The fourth-order valence-electron chi connectivity index (χ4n) is 4.07. The molecule has 1 saturated carbocycles. The van der Waals surface area contributed by atoms with Gasteiger partial charge in [0.25, 0.3) is 0 Å². The summed E-state index contributed by atoms with van der Waals surface area (Å²) in [5.74, 6) is 2.45. The summed E-state index contributed by atoms with van der Waals surface area (Å²) in [5, 5.41) is 6.71. The minimum atomic E-state index is 0.242. The second-order valence-corrected chi connectivity index (χ2v) is 6.81. The first-order valence-electron chi connectivity index (χ1n) is 7.95. The smallest absolute Gasteiger partial charge is 0.234 e. The van der Waals surface area contributed by atoms with Crippen LogP contribution in [0.1, 0.15) is 32.6 Å². The van der Waals surface area contributed by atoms with Crippen molar-refractivity contribution in [1.82, 2.24) is 15.5 Å². The van der Waals surface area contributed by atoms with E-state index in [1.54, 1.807) is 0 Å². The lowest BCUT2D eigenvalue weighted by Crippen LogP contribution is -2.45. The molecule has 2 heterocycles. The number of nitrogens with zero attached hydrogens (tertiary/aromatic N) is 1. The third-order valence-corrected chi connectivity index (χ3v) is 5.29. The topological polar surface area (TPSA) is 44.4 Å². The normalized spacial score (nSPS) is 39.2. The lowest BCUT2D eigenvalue weighted by molar-refractivity contribution is -0.123. The van der Waals surface area contributed by atoms with Gasteiger partial charge in [-0.2, -0.15) is 0 Å². The number of amides is 1. The molecule has 3 rings (SSSR count). The summed E-state index contributed by atoms with van der Waals surface area (Å²) in [6.07, 6.45) is 5.04. The maximum Gasteiger partial charge on any atom is 0.234 e. The van der Waals surface area contributed by atoms with Gasteiger partial charge in [-0.15, -0.1) is 0 Å². The zero-order chi connectivity index (χ0) is 13.2. The number of hydrogen-bond acceptors (Lipinski definition) is 3. The summed E-state index contributed by atoms with van der Waals surface area (Å²) >= 11 is 0. The van der Waals surface area contributed by atoms with E-state index in [4.69, 9.17) is 0 Å². The molecular weight excluding hydrogens is 238 g/mol. The van der Waals surface area contributed by atoms with Crippen LogP contribution in [-0.4, -0.2) is 49.6 Å². The Morgan fingerprint density at radius 1 is 1.21 bits per heavy atom. The molecule has 2 unspecified atom stereocenters. The van der Waals surface area contributed by atoms with Gasteiger partial charge in [0.2, 0.25) is 5.91 Å². The Labute approximate surface area is 116 Å². The monoisotopic (exact) mass is 265 g/mol. The average Bonchev–Trinajstić information content (AvgIpc) is 2.92. The molecule has 2 aliphatic heterocycles. The second kappa shape index (κ2) is 5.80. The van der Waals surface area contributed by atoms with Crippen molar-refractivity contribution >= 4 is 5.91 Å². The molecule has 0 aromatic carbocycles. The van der Waals surface area contributed by atoms with E-state index in [-0.39, 0.29) is 5.91 Å². The van der Waals surface area contributed by atoms with Crippen LogP contribution in [0.25, 0.3) is 0 Å². The van der Waals surface area contributed by atoms with Crippen molar-refractivity contribution < 1.29 is 4.79 Å². The van der Waals surface area contributed by atoms with Crippen LogP contribution in [0.15, 0.2) is 0 Å². The number of rotatable bonds is 3. The molecule has 0 spiro atoms. The van der Waals surface area contributed by atoms with Gasteiger partial charge in [0.1, 0.15) is 0 Å². The molecular formula is C15H27N3O. The first kappa shape index (κ1) is 13.4. The molecule has 0 radical (unpaired) electrons. The minimum Gasteiger partial charge on any atom is -0.352 e. The Hall–Kier alpha value is -0.610. The summed E-state index contributed by atoms with van der Waals surface area (Å²) in [4.78, 5) is 14.5. The van der Waals surface area contributed by atoms with E-state index >= 15 is 0 Å². The first-order chi connectivity index (χ1) is 9.22. The van der Waals surface area contributed by atoms with Crippen LogP contribution in [0, 0.1) is 17.8 Å². The standard InChI is InChI=1S/C15H27N3O/c1-11-4-2-3-5-14(11)17-15(19)10-18-8-12-6-16-7-13(12)9-18/h11-14,16H,2-10H2,1H3,(H,17,19)/t11?,12-,13+,14?. The van der Waals surface area contributed by atoms with Crippen LogP contribution < -0.4 is 10.6 Å². The van der Waals surface area contributed by atoms with Crippen molar-refractivity contribution in [3.63, 3.8) is 0 Å². The molecule has 108 valence electrons.